The third-order valence-corrected chi connectivity index (χ3v) is 4.19. The number of nitrogens with one attached hydrogen (secondary N) is 1. The maximum atomic E-state index is 12.6. The summed E-state index contributed by atoms with van der Waals surface area (Å²) in [5.41, 5.74) is 2.55. The van der Waals surface area contributed by atoms with Gasteiger partial charge in [-0.05, 0) is 24.6 Å². The second kappa shape index (κ2) is 6.44. The molecule has 0 saturated carbocycles. The summed E-state index contributed by atoms with van der Waals surface area (Å²) in [6.45, 7) is 2.51. The molecule has 0 amide bonds. The van der Waals surface area contributed by atoms with Crippen LogP contribution in [0, 0.1) is 0 Å². The van der Waals surface area contributed by atoms with E-state index in [0.717, 1.165) is 11.1 Å². The van der Waals surface area contributed by atoms with Gasteiger partial charge in [0, 0.05) is 6.20 Å². The van der Waals surface area contributed by atoms with E-state index in [2.05, 4.69) is 15.3 Å². The fourth-order valence-corrected chi connectivity index (χ4v) is 2.95. The van der Waals surface area contributed by atoms with Crippen molar-refractivity contribution in [1.82, 2.24) is 20.0 Å². The van der Waals surface area contributed by atoms with E-state index < -0.39 is 11.4 Å². The van der Waals surface area contributed by atoms with Crippen molar-refractivity contribution in [3.63, 3.8) is 0 Å². The van der Waals surface area contributed by atoms with Crippen LogP contribution in [0.5, 0.6) is 0 Å². The molecule has 4 aromatic rings. The van der Waals surface area contributed by atoms with Gasteiger partial charge < -0.3 is 4.74 Å². The highest BCUT2D eigenvalue weighted by Crippen LogP contribution is 2.20. The van der Waals surface area contributed by atoms with E-state index in [1.165, 1.54) is 6.20 Å². The Bertz CT molecular complexity index is 1160. The third-order valence-electron chi connectivity index (χ3n) is 4.19. The molecule has 7 heteroatoms. The van der Waals surface area contributed by atoms with Crippen molar-refractivity contribution in [2.24, 2.45) is 0 Å². The predicted molar refractivity (Wildman–Crippen MR) is 97.2 cm³/mol. The number of esters is 1. The van der Waals surface area contributed by atoms with E-state index in [4.69, 9.17) is 4.74 Å². The van der Waals surface area contributed by atoms with Gasteiger partial charge in [0.05, 0.1) is 24.1 Å². The molecule has 2 aromatic heterocycles. The standard InChI is InChI=1S/C19H16N4O3/c1-2-26-19(25)14-10-20-16-13(18(14)24)8-9-15-17(16)21-22-23(15)11-12-6-4-3-5-7-12/h3-10,22H,2,11H2,1H3. The van der Waals surface area contributed by atoms with Gasteiger partial charge in [0.1, 0.15) is 16.6 Å². The molecular weight excluding hydrogens is 332 g/mol. The summed E-state index contributed by atoms with van der Waals surface area (Å²) in [6.07, 6.45) is 1.26. The van der Waals surface area contributed by atoms with E-state index in [1.54, 1.807) is 13.0 Å². The number of hydrogen-bond acceptors (Lipinski definition) is 5. The van der Waals surface area contributed by atoms with Crippen LogP contribution < -0.4 is 5.43 Å². The first-order valence-electron chi connectivity index (χ1n) is 8.26. The number of aromatic amines is 1. The lowest BCUT2D eigenvalue weighted by Gasteiger charge is -2.05. The van der Waals surface area contributed by atoms with Crippen molar-refractivity contribution in [2.75, 3.05) is 6.61 Å². The molecule has 0 bridgehead atoms. The van der Waals surface area contributed by atoms with E-state index >= 15 is 0 Å². The van der Waals surface area contributed by atoms with Gasteiger partial charge in [0.15, 0.2) is 0 Å². The minimum absolute atomic E-state index is 0.0635. The van der Waals surface area contributed by atoms with Gasteiger partial charge in [-0.2, -0.15) is 5.10 Å². The number of rotatable bonds is 4. The second-order valence-electron chi connectivity index (χ2n) is 5.83. The van der Waals surface area contributed by atoms with Crippen molar-refractivity contribution in [3.05, 3.63) is 70.0 Å². The summed E-state index contributed by atoms with van der Waals surface area (Å²) in [7, 11) is 0. The van der Waals surface area contributed by atoms with E-state index in [-0.39, 0.29) is 12.2 Å². The van der Waals surface area contributed by atoms with Crippen LogP contribution in [-0.2, 0) is 11.3 Å². The Kier molecular flexibility index (Phi) is 3.96. The summed E-state index contributed by atoms with van der Waals surface area (Å²) in [6, 6.07) is 13.5. The Morgan fingerprint density at radius 3 is 2.73 bits per heavy atom. The molecule has 2 aromatic carbocycles. The molecule has 1 N–H and O–H groups in total. The van der Waals surface area contributed by atoms with Crippen molar-refractivity contribution < 1.29 is 9.53 Å². The van der Waals surface area contributed by atoms with Crippen LogP contribution in [0.1, 0.15) is 22.8 Å². The first-order chi connectivity index (χ1) is 12.7. The molecule has 0 radical (unpaired) electrons. The molecule has 0 unspecified atom stereocenters. The Morgan fingerprint density at radius 2 is 1.96 bits per heavy atom. The predicted octanol–water partition coefficient (Wildman–Crippen LogP) is 2.50. The van der Waals surface area contributed by atoms with Crippen molar-refractivity contribution in [2.45, 2.75) is 13.5 Å². The Balaban J connectivity index is 1.83. The third kappa shape index (κ3) is 2.63. The van der Waals surface area contributed by atoms with Crippen LogP contribution in [-0.4, -0.2) is 32.6 Å². The molecule has 0 fully saturated rings. The topological polar surface area (TPSA) is 89.9 Å². The van der Waals surface area contributed by atoms with Crippen LogP contribution in [0.2, 0.25) is 0 Å². The Morgan fingerprint density at radius 1 is 1.15 bits per heavy atom. The van der Waals surface area contributed by atoms with Gasteiger partial charge in [-0.15, -0.1) is 0 Å². The first-order valence-corrected chi connectivity index (χ1v) is 8.26. The largest absolute Gasteiger partial charge is 0.462 e. The fourth-order valence-electron chi connectivity index (χ4n) is 2.95. The Labute approximate surface area is 148 Å². The lowest BCUT2D eigenvalue weighted by molar-refractivity contribution is 0.0524. The first kappa shape index (κ1) is 16.0. The highest BCUT2D eigenvalue weighted by atomic mass is 16.5. The maximum absolute atomic E-state index is 12.6. The van der Waals surface area contributed by atoms with E-state index in [9.17, 15) is 9.59 Å². The average Bonchev–Trinajstić information content (AvgIpc) is 3.06. The van der Waals surface area contributed by atoms with Crippen LogP contribution in [0.15, 0.2) is 53.5 Å². The minimum Gasteiger partial charge on any atom is -0.462 e. The van der Waals surface area contributed by atoms with Crippen molar-refractivity contribution in [1.29, 1.82) is 0 Å². The van der Waals surface area contributed by atoms with Crippen LogP contribution in [0.4, 0.5) is 0 Å². The van der Waals surface area contributed by atoms with Gasteiger partial charge >= 0.3 is 5.97 Å². The molecule has 0 aliphatic carbocycles. The second-order valence-corrected chi connectivity index (χ2v) is 5.83. The number of aromatic nitrogens is 4. The number of hydrogen-bond donors (Lipinski definition) is 1. The number of carbonyl (C=O) groups excluding carboxylic acids is 1. The number of pyridine rings is 1. The molecule has 0 atom stereocenters. The van der Waals surface area contributed by atoms with Gasteiger partial charge in [-0.3, -0.25) is 14.5 Å². The minimum atomic E-state index is -0.659. The normalized spacial score (nSPS) is 11.1. The molecule has 2 heterocycles. The lowest BCUT2D eigenvalue weighted by atomic mass is 10.1. The maximum Gasteiger partial charge on any atom is 0.343 e. The van der Waals surface area contributed by atoms with Gasteiger partial charge in [0.2, 0.25) is 5.43 Å². The monoisotopic (exact) mass is 348 g/mol. The molecular formula is C19H16N4O3. The van der Waals surface area contributed by atoms with Gasteiger partial charge in [-0.1, -0.05) is 30.3 Å². The summed E-state index contributed by atoms with van der Waals surface area (Å²) in [5.74, 6) is -0.659. The van der Waals surface area contributed by atoms with Crippen LogP contribution in [0.25, 0.3) is 21.9 Å². The van der Waals surface area contributed by atoms with Gasteiger partial charge in [0.25, 0.3) is 0 Å². The zero-order valence-corrected chi connectivity index (χ0v) is 14.1. The number of ether oxygens (including phenoxy) is 1. The number of carbonyl (C=O) groups is 1. The lowest BCUT2D eigenvalue weighted by Crippen LogP contribution is -2.18. The molecule has 0 aliphatic heterocycles. The Hall–Kier alpha value is -3.48. The molecule has 4 rings (SSSR count). The quantitative estimate of drug-likeness (QED) is 0.572. The summed E-state index contributed by atoms with van der Waals surface area (Å²) in [5, 5.41) is 7.63. The number of nitrogens with zero attached hydrogens (tertiary/aromatic N) is 3. The summed E-state index contributed by atoms with van der Waals surface area (Å²) in [4.78, 5) is 28.8. The summed E-state index contributed by atoms with van der Waals surface area (Å²) >= 11 is 0. The van der Waals surface area contributed by atoms with Crippen molar-refractivity contribution in [3.8, 4) is 0 Å². The van der Waals surface area contributed by atoms with Crippen LogP contribution in [0.3, 0.4) is 0 Å². The zero-order chi connectivity index (χ0) is 18.1. The van der Waals surface area contributed by atoms with Crippen LogP contribution >= 0.6 is 0 Å². The van der Waals surface area contributed by atoms with E-state index in [0.29, 0.717) is 23.0 Å². The number of fused-ring (bicyclic) bond motifs is 3. The molecule has 130 valence electrons. The molecule has 26 heavy (non-hydrogen) atoms. The molecule has 0 saturated heterocycles. The smallest absolute Gasteiger partial charge is 0.343 e. The molecule has 0 aliphatic rings. The molecule has 7 nitrogen and oxygen atoms in total. The highest BCUT2D eigenvalue weighted by Gasteiger charge is 2.17. The number of benzene rings is 2. The SMILES string of the molecule is CCOC(=O)c1cnc2c(ccc3c2n[nH]n3Cc2ccccc2)c1=O. The summed E-state index contributed by atoms with van der Waals surface area (Å²) < 4.78 is 6.80. The average molecular weight is 348 g/mol. The van der Waals surface area contributed by atoms with Gasteiger partial charge in [-0.25, -0.2) is 10.0 Å². The highest BCUT2D eigenvalue weighted by molar-refractivity contribution is 6.03. The zero-order valence-electron chi connectivity index (χ0n) is 14.1. The number of H-pyrrole nitrogens is 1. The van der Waals surface area contributed by atoms with E-state index in [1.807, 2.05) is 41.1 Å². The van der Waals surface area contributed by atoms with Crippen molar-refractivity contribution >= 4 is 27.9 Å². The fraction of sp³-hybridized carbons (Fsp3) is 0.158. The molecule has 0 spiro atoms.